The first-order valence-corrected chi connectivity index (χ1v) is 9.76. The Morgan fingerprint density at radius 3 is 2.48 bits per heavy atom. The summed E-state index contributed by atoms with van der Waals surface area (Å²) < 4.78 is 1.66. The Bertz CT molecular complexity index is 1100. The van der Waals surface area contributed by atoms with Gasteiger partial charge in [0.1, 0.15) is 0 Å². The van der Waals surface area contributed by atoms with Crippen LogP contribution >= 0.6 is 0 Å². The maximum atomic E-state index is 12.4. The summed E-state index contributed by atoms with van der Waals surface area (Å²) in [5, 5.41) is 7.56. The van der Waals surface area contributed by atoms with E-state index in [0.717, 1.165) is 25.9 Å². The number of aryl methyl sites for hydroxylation is 1. The third-order valence-corrected chi connectivity index (χ3v) is 5.12. The minimum atomic E-state index is -0.159. The fourth-order valence-electron chi connectivity index (χ4n) is 3.57. The molecule has 0 bridgehead atoms. The van der Waals surface area contributed by atoms with E-state index < -0.39 is 0 Å². The van der Waals surface area contributed by atoms with Crippen molar-refractivity contribution < 1.29 is 9.59 Å². The van der Waals surface area contributed by atoms with E-state index in [2.05, 4.69) is 10.4 Å². The number of fused-ring (bicyclic) bond motifs is 1. The summed E-state index contributed by atoms with van der Waals surface area (Å²) >= 11 is 0. The number of carbonyl (C=O) groups excluding carboxylic acids is 2. The maximum Gasteiger partial charge on any atom is 0.253 e. The molecule has 0 spiro atoms. The van der Waals surface area contributed by atoms with Gasteiger partial charge in [-0.2, -0.15) is 5.10 Å². The van der Waals surface area contributed by atoms with Crippen molar-refractivity contribution in [1.82, 2.24) is 14.7 Å². The first-order chi connectivity index (χ1) is 14.1. The zero-order valence-electron chi connectivity index (χ0n) is 16.0. The Balaban J connectivity index is 1.37. The summed E-state index contributed by atoms with van der Waals surface area (Å²) in [6.45, 7) is 1.98. The van der Waals surface area contributed by atoms with Gasteiger partial charge in [-0.25, -0.2) is 0 Å². The van der Waals surface area contributed by atoms with Crippen molar-refractivity contribution in [3.05, 3.63) is 70.5 Å². The predicted molar refractivity (Wildman–Crippen MR) is 111 cm³/mol. The molecule has 0 radical (unpaired) electrons. The number of anilines is 1. The molecule has 2 aromatic carbocycles. The van der Waals surface area contributed by atoms with Gasteiger partial charge in [-0.15, -0.1) is 0 Å². The van der Waals surface area contributed by atoms with E-state index in [4.69, 9.17) is 0 Å². The van der Waals surface area contributed by atoms with E-state index in [0.29, 0.717) is 28.7 Å². The topological polar surface area (TPSA) is 84.3 Å². The summed E-state index contributed by atoms with van der Waals surface area (Å²) in [5.74, 6) is -0.121. The molecule has 29 heavy (non-hydrogen) atoms. The van der Waals surface area contributed by atoms with Gasteiger partial charge < -0.3 is 10.2 Å². The van der Waals surface area contributed by atoms with E-state index in [1.807, 2.05) is 17.0 Å². The fraction of sp³-hybridized carbons (Fsp3) is 0.273. The van der Waals surface area contributed by atoms with E-state index in [1.54, 1.807) is 41.1 Å². The van der Waals surface area contributed by atoms with Gasteiger partial charge in [-0.1, -0.05) is 12.1 Å². The number of para-hydroxylation sites is 1. The highest BCUT2D eigenvalue weighted by Gasteiger charge is 2.19. The second-order valence-electron chi connectivity index (χ2n) is 7.12. The quantitative estimate of drug-likeness (QED) is 0.726. The molecule has 7 nitrogen and oxygen atoms in total. The minimum Gasteiger partial charge on any atom is -0.339 e. The van der Waals surface area contributed by atoms with Crippen LogP contribution in [0.25, 0.3) is 10.9 Å². The monoisotopic (exact) mass is 390 g/mol. The van der Waals surface area contributed by atoms with Crippen LogP contribution < -0.4 is 10.7 Å². The lowest BCUT2D eigenvalue weighted by Gasteiger charge is -2.15. The average Bonchev–Trinajstić information content (AvgIpc) is 3.28. The Morgan fingerprint density at radius 1 is 1.00 bits per heavy atom. The fourth-order valence-corrected chi connectivity index (χ4v) is 3.57. The van der Waals surface area contributed by atoms with Crippen molar-refractivity contribution >= 4 is 28.4 Å². The first kappa shape index (κ1) is 18.9. The number of likely N-dealkylation sites (tertiary alicyclic amines) is 1. The molecule has 148 valence electrons. The molecule has 2 heterocycles. The summed E-state index contributed by atoms with van der Waals surface area (Å²) in [7, 11) is 0. The lowest BCUT2D eigenvalue weighted by molar-refractivity contribution is -0.116. The Hall–Kier alpha value is -3.48. The summed E-state index contributed by atoms with van der Waals surface area (Å²) in [6, 6.07) is 14.2. The molecule has 1 aliphatic heterocycles. The largest absolute Gasteiger partial charge is 0.339 e. The van der Waals surface area contributed by atoms with E-state index in [-0.39, 0.29) is 23.7 Å². The van der Waals surface area contributed by atoms with Gasteiger partial charge in [0.25, 0.3) is 5.91 Å². The van der Waals surface area contributed by atoms with Crippen LogP contribution in [0.5, 0.6) is 0 Å². The molecule has 1 fully saturated rings. The molecule has 3 aromatic rings. The normalized spacial score (nSPS) is 13.6. The summed E-state index contributed by atoms with van der Waals surface area (Å²) in [6.07, 6.45) is 3.60. The average molecular weight is 390 g/mol. The smallest absolute Gasteiger partial charge is 0.253 e. The van der Waals surface area contributed by atoms with Crippen molar-refractivity contribution in [2.75, 3.05) is 18.4 Å². The number of amides is 2. The molecule has 1 saturated heterocycles. The number of benzene rings is 2. The van der Waals surface area contributed by atoms with Crippen LogP contribution in [0, 0.1) is 0 Å². The van der Waals surface area contributed by atoms with Gasteiger partial charge in [0.2, 0.25) is 11.3 Å². The molecular weight excluding hydrogens is 368 g/mol. The van der Waals surface area contributed by atoms with Crippen LogP contribution in [-0.4, -0.2) is 39.6 Å². The molecule has 0 saturated carbocycles. The van der Waals surface area contributed by atoms with Crippen molar-refractivity contribution in [1.29, 1.82) is 0 Å². The molecule has 0 aliphatic carbocycles. The zero-order chi connectivity index (χ0) is 20.2. The van der Waals surface area contributed by atoms with Crippen LogP contribution in [0.2, 0.25) is 0 Å². The molecule has 0 atom stereocenters. The lowest BCUT2D eigenvalue weighted by atomic mass is 10.2. The van der Waals surface area contributed by atoms with Gasteiger partial charge in [0.15, 0.2) is 0 Å². The van der Waals surface area contributed by atoms with Crippen molar-refractivity contribution in [2.45, 2.75) is 25.8 Å². The Morgan fingerprint density at radius 2 is 1.72 bits per heavy atom. The predicted octanol–water partition coefficient (Wildman–Crippen LogP) is 2.66. The van der Waals surface area contributed by atoms with Crippen LogP contribution in [0.1, 0.15) is 29.6 Å². The highest BCUT2D eigenvalue weighted by molar-refractivity contribution is 5.96. The molecular formula is C22H22N4O3. The van der Waals surface area contributed by atoms with Crippen LogP contribution in [0.15, 0.2) is 59.5 Å². The minimum absolute atomic E-state index is 0.0385. The van der Waals surface area contributed by atoms with E-state index in [9.17, 15) is 14.4 Å². The molecule has 2 amide bonds. The number of aromatic nitrogens is 2. The van der Waals surface area contributed by atoms with Crippen LogP contribution in [-0.2, 0) is 11.3 Å². The third-order valence-electron chi connectivity index (χ3n) is 5.12. The molecule has 1 aromatic heterocycles. The molecule has 1 N–H and O–H groups in total. The Labute approximate surface area is 167 Å². The van der Waals surface area contributed by atoms with Gasteiger partial charge in [-0.05, 0) is 49.2 Å². The molecule has 7 heteroatoms. The third kappa shape index (κ3) is 4.18. The van der Waals surface area contributed by atoms with E-state index in [1.165, 1.54) is 6.20 Å². The standard InChI is InChI=1S/C22H22N4O3/c27-20-15-23-26(19-6-2-1-5-18(19)20)14-11-21(28)24-17-9-7-16(8-10-17)22(29)25-12-3-4-13-25/h1-2,5-10,15H,3-4,11-14H2,(H,24,28). The number of nitrogens with one attached hydrogen (secondary N) is 1. The van der Waals surface area contributed by atoms with Crippen molar-refractivity contribution in [3.63, 3.8) is 0 Å². The number of hydrogen-bond acceptors (Lipinski definition) is 4. The van der Waals surface area contributed by atoms with Gasteiger partial charge >= 0.3 is 0 Å². The number of rotatable bonds is 5. The SMILES string of the molecule is O=C(CCn1ncc(=O)c2ccccc21)Nc1ccc(C(=O)N2CCCC2)cc1. The number of hydrogen-bond donors (Lipinski definition) is 1. The highest BCUT2D eigenvalue weighted by atomic mass is 16.2. The van der Waals surface area contributed by atoms with Crippen LogP contribution in [0.3, 0.4) is 0 Å². The number of carbonyl (C=O) groups is 2. The van der Waals surface area contributed by atoms with Crippen molar-refractivity contribution in [2.24, 2.45) is 0 Å². The highest BCUT2D eigenvalue weighted by Crippen LogP contribution is 2.16. The molecule has 4 rings (SSSR count). The summed E-state index contributed by atoms with van der Waals surface area (Å²) in [5.41, 5.74) is 1.85. The Kier molecular flexibility index (Phi) is 5.37. The molecule has 1 aliphatic rings. The zero-order valence-corrected chi connectivity index (χ0v) is 16.0. The second-order valence-corrected chi connectivity index (χ2v) is 7.12. The maximum absolute atomic E-state index is 12.4. The lowest BCUT2D eigenvalue weighted by Crippen LogP contribution is -2.27. The van der Waals surface area contributed by atoms with Crippen molar-refractivity contribution in [3.8, 4) is 0 Å². The molecule has 0 unspecified atom stereocenters. The second kappa shape index (κ2) is 8.26. The van der Waals surface area contributed by atoms with E-state index >= 15 is 0 Å². The van der Waals surface area contributed by atoms with Gasteiger partial charge in [0, 0.05) is 36.1 Å². The first-order valence-electron chi connectivity index (χ1n) is 9.76. The number of nitrogens with zero attached hydrogens (tertiary/aromatic N) is 3. The summed E-state index contributed by atoms with van der Waals surface area (Å²) in [4.78, 5) is 38.4. The van der Waals surface area contributed by atoms with Gasteiger partial charge in [0.05, 0.1) is 18.3 Å². The van der Waals surface area contributed by atoms with Gasteiger partial charge in [-0.3, -0.25) is 19.1 Å². The van der Waals surface area contributed by atoms with Crippen LogP contribution in [0.4, 0.5) is 5.69 Å².